The summed E-state index contributed by atoms with van der Waals surface area (Å²) < 4.78 is 0. The van der Waals surface area contributed by atoms with Crippen LogP contribution in [0.4, 0.5) is 11.4 Å². The van der Waals surface area contributed by atoms with Gasteiger partial charge in [0.25, 0.3) is 5.69 Å². The molecule has 0 spiro atoms. The molecule has 2 rings (SSSR count). The average molecular weight is 249 g/mol. The average Bonchev–Trinajstić information content (AvgIpc) is 2.39. The highest BCUT2D eigenvalue weighted by Crippen LogP contribution is 2.27. The largest absolute Gasteiger partial charge is 0.371 e. The van der Waals surface area contributed by atoms with Gasteiger partial charge in [-0.05, 0) is 31.7 Å². The zero-order chi connectivity index (χ0) is 13.1. The first-order valence-electron chi connectivity index (χ1n) is 6.33. The van der Waals surface area contributed by atoms with Crippen molar-refractivity contribution in [1.82, 2.24) is 0 Å². The van der Waals surface area contributed by atoms with Crippen LogP contribution in [0.15, 0.2) is 24.3 Å². The fraction of sp³-hybridized carbons (Fsp3) is 0.538. The van der Waals surface area contributed by atoms with Gasteiger partial charge in [0.15, 0.2) is 0 Å². The van der Waals surface area contributed by atoms with Crippen LogP contribution in [0.2, 0.25) is 0 Å². The smallest absolute Gasteiger partial charge is 0.271 e. The fourth-order valence-electron chi connectivity index (χ4n) is 2.48. The van der Waals surface area contributed by atoms with Gasteiger partial charge in [0.05, 0.1) is 4.92 Å². The van der Waals surface area contributed by atoms with Crippen LogP contribution < -0.4 is 10.6 Å². The number of benzene rings is 1. The predicted molar refractivity (Wildman–Crippen MR) is 71.7 cm³/mol. The van der Waals surface area contributed by atoms with Gasteiger partial charge in [-0.3, -0.25) is 10.1 Å². The number of hydrogen-bond acceptors (Lipinski definition) is 4. The first kappa shape index (κ1) is 12.8. The second kappa shape index (κ2) is 5.35. The molecule has 0 bridgehead atoms. The number of piperidine rings is 1. The molecular formula is C13H19N3O2. The van der Waals surface area contributed by atoms with Gasteiger partial charge >= 0.3 is 0 Å². The summed E-state index contributed by atoms with van der Waals surface area (Å²) in [6.07, 6.45) is 2.23. The molecule has 1 aromatic carbocycles. The minimum atomic E-state index is -0.351. The van der Waals surface area contributed by atoms with Crippen molar-refractivity contribution in [2.24, 2.45) is 11.7 Å². The predicted octanol–water partition coefficient (Wildman–Crippen LogP) is 2.16. The van der Waals surface area contributed by atoms with E-state index in [4.69, 9.17) is 5.73 Å². The fourth-order valence-corrected chi connectivity index (χ4v) is 2.48. The number of anilines is 1. The van der Waals surface area contributed by atoms with Crippen molar-refractivity contribution in [2.45, 2.75) is 25.8 Å². The van der Waals surface area contributed by atoms with Crippen LogP contribution in [0, 0.1) is 16.0 Å². The molecule has 1 saturated heterocycles. The van der Waals surface area contributed by atoms with Crippen molar-refractivity contribution in [2.75, 3.05) is 18.0 Å². The standard InChI is InChI=1S/C13H19N3O2/c1-10(14)11-4-3-7-15(9-11)12-5-2-6-13(8-12)16(17)18/h2,5-6,8,10-11H,3-4,7,9,14H2,1H3. The van der Waals surface area contributed by atoms with Gasteiger partial charge in [-0.2, -0.15) is 0 Å². The first-order chi connectivity index (χ1) is 8.58. The molecule has 0 aromatic heterocycles. The minimum Gasteiger partial charge on any atom is -0.371 e. The highest BCUT2D eigenvalue weighted by atomic mass is 16.6. The lowest BCUT2D eigenvalue weighted by molar-refractivity contribution is -0.384. The molecule has 2 N–H and O–H groups in total. The van der Waals surface area contributed by atoms with Crippen LogP contribution in [0.3, 0.4) is 0 Å². The highest BCUT2D eigenvalue weighted by Gasteiger charge is 2.23. The highest BCUT2D eigenvalue weighted by molar-refractivity contribution is 5.53. The number of non-ortho nitro benzene ring substituents is 1. The number of hydrogen-bond donors (Lipinski definition) is 1. The van der Waals surface area contributed by atoms with E-state index in [0.717, 1.165) is 31.6 Å². The normalized spacial score (nSPS) is 21.7. The molecule has 0 saturated carbocycles. The molecule has 1 aliphatic rings. The molecule has 1 aliphatic heterocycles. The van der Waals surface area contributed by atoms with Crippen LogP contribution in [0.5, 0.6) is 0 Å². The van der Waals surface area contributed by atoms with Crippen LogP contribution in [0.1, 0.15) is 19.8 Å². The van der Waals surface area contributed by atoms with Gasteiger partial charge in [0.2, 0.25) is 0 Å². The summed E-state index contributed by atoms with van der Waals surface area (Å²) in [5, 5.41) is 10.8. The maximum Gasteiger partial charge on any atom is 0.271 e. The second-order valence-corrected chi connectivity index (χ2v) is 4.98. The third kappa shape index (κ3) is 2.79. The van der Waals surface area contributed by atoms with E-state index in [-0.39, 0.29) is 16.7 Å². The van der Waals surface area contributed by atoms with E-state index in [1.54, 1.807) is 12.1 Å². The minimum absolute atomic E-state index is 0.149. The number of rotatable bonds is 3. The molecule has 0 aliphatic carbocycles. The van der Waals surface area contributed by atoms with Crippen molar-refractivity contribution in [1.29, 1.82) is 0 Å². The van der Waals surface area contributed by atoms with Crippen LogP contribution in [-0.4, -0.2) is 24.1 Å². The molecule has 1 aromatic rings. The zero-order valence-electron chi connectivity index (χ0n) is 10.6. The summed E-state index contributed by atoms with van der Waals surface area (Å²) in [5.74, 6) is 0.470. The topological polar surface area (TPSA) is 72.4 Å². The summed E-state index contributed by atoms with van der Waals surface area (Å²) in [7, 11) is 0. The van der Waals surface area contributed by atoms with Crippen LogP contribution in [-0.2, 0) is 0 Å². The Morgan fingerprint density at radius 2 is 2.33 bits per heavy atom. The zero-order valence-corrected chi connectivity index (χ0v) is 10.6. The molecule has 1 heterocycles. The Bertz CT molecular complexity index is 434. The number of nitrogens with two attached hydrogens (primary N) is 1. The van der Waals surface area contributed by atoms with Crippen LogP contribution >= 0.6 is 0 Å². The third-order valence-electron chi connectivity index (χ3n) is 3.61. The van der Waals surface area contributed by atoms with E-state index in [2.05, 4.69) is 4.90 Å². The summed E-state index contributed by atoms with van der Waals surface area (Å²) in [4.78, 5) is 12.6. The first-order valence-corrected chi connectivity index (χ1v) is 6.33. The molecule has 2 atom stereocenters. The lowest BCUT2D eigenvalue weighted by atomic mass is 9.92. The Balaban J connectivity index is 2.15. The molecule has 2 unspecified atom stereocenters. The van der Waals surface area contributed by atoms with Gasteiger partial charge in [-0.25, -0.2) is 0 Å². The number of nitro groups is 1. The van der Waals surface area contributed by atoms with Crippen molar-refractivity contribution in [3.05, 3.63) is 34.4 Å². The lowest BCUT2D eigenvalue weighted by Gasteiger charge is -2.36. The molecule has 18 heavy (non-hydrogen) atoms. The Morgan fingerprint density at radius 1 is 1.56 bits per heavy atom. The van der Waals surface area contributed by atoms with E-state index >= 15 is 0 Å². The number of nitro benzene ring substituents is 1. The summed E-state index contributed by atoms with van der Waals surface area (Å²) in [6, 6.07) is 7.01. The molecule has 1 fully saturated rings. The van der Waals surface area contributed by atoms with Crippen LogP contribution in [0.25, 0.3) is 0 Å². The third-order valence-corrected chi connectivity index (χ3v) is 3.61. The quantitative estimate of drug-likeness (QED) is 0.658. The Kier molecular flexibility index (Phi) is 3.81. The molecular weight excluding hydrogens is 230 g/mol. The van der Waals surface area contributed by atoms with Gasteiger partial charge in [-0.1, -0.05) is 6.07 Å². The van der Waals surface area contributed by atoms with Gasteiger partial charge in [0.1, 0.15) is 0 Å². The van der Waals surface area contributed by atoms with E-state index in [0.29, 0.717) is 5.92 Å². The lowest BCUT2D eigenvalue weighted by Crippen LogP contribution is -2.42. The summed E-state index contributed by atoms with van der Waals surface area (Å²) in [6.45, 7) is 3.87. The molecule has 5 nitrogen and oxygen atoms in total. The van der Waals surface area contributed by atoms with E-state index in [9.17, 15) is 10.1 Å². The monoisotopic (exact) mass is 249 g/mol. The summed E-state index contributed by atoms with van der Waals surface area (Å²) >= 11 is 0. The molecule has 0 amide bonds. The van der Waals surface area contributed by atoms with Gasteiger partial charge in [0, 0.05) is 37.0 Å². The second-order valence-electron chi connectivity index (χ2n) is 4.98. The van der Waals surface area contributed by atoms with E-state index < -0.39 is 0 Å². The van der Waals surface area contributed by atoms with Gasteiger partial charge in [-0.15, -0.1) is 0 Å². The van der Waals surface area contributed by atoms with Crippen molar-refractivity contribution >= 4 is 11.4 Å². The molecule has 0 radical (unpaired) electrons. The van der Waals surface area contributed by atoms with Gasteiger partial charge < -0.3 is 10.6 Å². The van der Waals surface area contributed by atoms with E-state index in [1.807, 2.05) is 13.0 Å². The Labute approximate surface area is 107 Å². The SMILES string of the molecule is CC(N)C1CCCN(c2cccc([N+](=O)[O-])c2)C1. The van der Waals surface area contributed by atoms with Crippen molar-refractivity contribution in [3.8, 4) is 0 Å². The Hall–Kier alpha value is -1.62. The number of nitrogens with zero attached hydrogens (tertiary/aromatic N) is 2. The maximum atomic E-state index is 10.8. The maximum absolute atomic E-state index is 10.8. The van der Waals surface area contributed by atoms with Crippen molar-refractivity contribution in [3.63, 3.8) is 0 Å². The van der Waals surface area contributed by atoms with E-state index in [1.165, 1.54) is 6.07 Å². The van der Waals surface area contributed by atoms with Crippen molar-refractivity contribution < 1.29 is 4.92 Å². The molecule has 5 heteroatoms. The molecule has 98 valence electrons. The Morgan fingerprint density at radius 3 is 3.00 bits per heavy atom. The summed E-state index contributed by atoms with van der Waals surface area (Å²) in [5.41, 5.74) is 7.02.